The zero-order chi connectivity index (χ0) is 4.50. The first-order chi connectivity index (χ1) is 2.00. The molecule has 0 spiro atoms. The first kappa shape index (κ1) is 22.8. The van der Waals surface area contributed by atoms with E-state index in [2.05, 4.69) is 0 Å². The van der Waals surface area contributed by atoms with Gasteiger partial charge in [-0.25, -0.2) is 0 Å². The molecule has 0 fully saturated rings. The molecular weight excluding hydrogens is 232 g/mol. The first-order valence-corrected chi connectivity index (χ1v) is 3.69. The number of hydrogen-bond donors (Lipinski definition) is 4. The van der Waals surface area contributed by atoms with Crippen molar-refractivity contribution in [2.24, 2.45) is 0 Å². The van der Waals surface area contributed by atoms with E-state index >= 15 is 0 Å². The third-order valence-electron chi connectivity index (χ3n) is 0. The van der Waals surface area contributed by atoms with E-state index < -0.39 is 18.1 Å². The Hall–Kier alpha value is 4.33. The molecule has 0 aliphatic carbocycles. The SMILES string of the molecule is [CaH2].[CaH2].[CaH2].[OH][Ti]([OH])([OH])[OH]. The molecule has 4 N–H and O–H groups in total. The van der Waals surface area contributed by atoms with Gasteiger partial charge >= 0.3 is 146 Å². The maximum absolute atomic E-state index is 7.38. The average molecular weight is 242 g/mol. The summed E-state index contributed by atoms with van der Waals surface area (Å²) in [7, 11) is 0. The van der Waals surface area contributed by atoms with Gasteiger partial charge < -0.3 is 0 Å². The molecule has 0 atom stereocenters. The predicted molar refractivity (Wildman–Crippen MR) is 34.5 cm³/mol. The molecular formula is H10Ca3O4Ti. The average Bonchev–Trinajstić information content (AvgIpc) is 0.722. The normalized spacial score (nSPS) is 7.50. The summed E-state index contributed by atoms with van der Waals surface area (Å²) in [6.45, 7) is 0. The fraction of sp³-hybridized carbons (Fsp3) is 0. The zero-order valence-corrected chi connectivity index (χ0v) is 3.85. The van der Waals surface area contributed by atoms with E-state index in [4.69, 9.17) is 14.8 Å². The molecule has 0 amide bonds. The van der Waals surface area contributed by atoms with Crippen molar-refractivity contribution in [2.75, 3.05) is 0 Å². The van der Waals surface area contributed by atoms with Gasteiger partial charge in [-0.2, -0.15) is 0 Å². The Morgan fingerprint density at radius 2 is 0.625 bits per heavy atom. The Bertz CT molecular complexity index is 26.8. The molecule has 8 heavy (non-hydrogen) atoms. The van der Waals surface area contributed by atoms with Crippen molar-refractivity contribution in [3.05, 3.63) is 0 Å². The second kappa shape index (κ2) is 11.3. The third kappa shape index (κ3) is 47.9. The van der Waals surface area contributed by atoms with Crippen LogP contribution in [-0.4, -0.2) is 128 Å². The van der Waals surface area contributed by atoms with E-state index in [1.54, 1.807) is 0 Å². The van der Waals surface area contributed by atoms with Crippen molar-refractivity contribution in [1.29, 1.82) is 0 Å². The van der Waals surface area contributed by atoms with Crippen LogP contribution >= 0.6 is 0 Å². The summed E-state index contributed by atoms with van der Waals surface area (Å²) in [5.41, 5.74) is 0. The van der Waals surface area contributed by atoms with E-state index in [0.717, 1.165) is 0 Å². The molecule has 8 heteroatoms. The molecule has 0 aromatic carbocycles. The Morgan fingerprint density at radius 3 is 0.625 bits per heavy atom. The van der Waals surface area contributed by atoms with Gasteiger partial charge in [0.2, 0.25) is 0 Å². The molecule has 0 bridgehead atoms. The monoisotopic (exact) mass is 242 g/mol. The fourth-order valence-corrected chi connectivity index (χ4v) is 0. The van der Waals surface area contributed by atoms with E-state index in [1.165, 1.54) is 0 Å². The first-order valence-electron chi connectivity index (χ1n) is 0.894. The molecule has 0 saturated carbocycles. The van der Waals surface area contributed by atoms with Crippen LogP contribution in [0.15, 0.2) is 0 Å². The molecule has 44 valence electrons. The van der Waals surface area contributed by atoms with Crippen LogP contribution in [0.5, 0.6) is 0 Å². The van der Waals surface area contributed by atoms with Crippen molar-refractivity contribution in [1.82, 2.24) is 0 Å². The van der Waals surface area contributed by atoms with Gasteiger partial charge in [0.25, 0.3) is 0 Å². The molecule has 0 saturated heterocycles. The van der Waals surface area contributed by atoms with Gasteiger partial charge in [0.1, 0.15) is 0 Å². The van der Waals surface area contributed by atoms with Crippen LogP contribution in [0.25, 0.3) is 0 Å². The Kier molecular flexibility index (Phi) is 32.3. The van der Waals surface area contributed by atoms with Gasteiger partial charge in [-0.3, -0.25) is 0 Å². The van der Waals surface area contributed by atoms with Crippen molar-refractivity contribution in [3.63, 3.8) is 0 Å². The van der Waals surface area contributed by atoms with E-state index in [9.17, 15) is 0 Å². The van der Waals surface area contributed by atoms with Crippen LogP contribution in [0, 0.1) is 0 Å². The summed E-state index contributed by atoms with van der Waals surface area (Å²) in [5, 5.41) is 0. The van der Waals surface area contributed by atoms with E-state index in [1.807, 2.05) is 0 Å². The van der Waals surface area contributed by atoms with Crippen molar-refractivity contribution < 1.29 is 32.9 Å². The zero-order valence-electron chi connectivity index (χ0n) is 2.29. The summed E-state index contributed by atoms with van der Waals surface area (Å²) in [5.74, 6) is 0. The van der Waals surface area contributed by atoms with E-state index in [0.29, 0.717) is 0 Å². The minimum atomic E-state index is -5.00. The fourth-order valence-electron chi connectivity index (χ4n) is 0. The molecule has 4 nitrogen and oxygen atoms in total. The summed E-state index contributed by atoms with van der Waals surface area (Å²) in [4.78, 5) is 0. The van der Waals surface area contributed by atoms with Crippen LogP contribution in [0.4, 0.5) is 0 Å². The van der Waals surface area contributed by atoms with Crippen molar-refractivity contribution in [2.45, 2.75) is 0 Å². The molecule has 0 radical (unpaired) electrons. The van der Waals surface area contributed by atoms with Crippen LogP contribution in [0.1, 0.15) is 0 Å². The summed E-state index contributed by atoms with van der Waals surface area (Å²) >= 11 is -5.00. The van der Waals surface area contributed by atoms with Crippen LogP contribution < -0.4 is 0 Å². The van der Waals surface area contributed by atoms with Gasteiger partial charge in [-0.1, -0.05) is 0 Å². The Balaban J connectivity index is -0.0000000267. The van der Waals surface area contributed by atoms with Gasteiger partial charge in [-0.15, -0.1) is 0 Å². The van der Waals surface area contributed by atoms with Crippen molar-refractivity contribution >= 4 is 113 Å². The quantitative estimate of drug-likeness (QED) is 0.321. The predicted octanol–water partition coefficient (Wildman–Crippen LogP) is -4.98. The van der Waals surface area contributed by atoms with Gasteiger partial charge in [0, 0.05) is 0 Å². The maximum atomic E-state index is 7.38. The van der Waals surface area contributed by atoms with Crippen molar-refractivity contribution in [3.8, 4) is 0 Å². The summed E-state index contributed by atoms with van der Waals surface area (Å²) < 4.78 is 29.5. The molecule has 0 aliphatic rings. The number of hydrogen-bond acceptors (Lipinski definition) is 4. The van der Waals surface area contributed by atoms with Crippen LogP contribution in [0.3, 0.4) is 0 Å². The van der Waals surface area contributed by atoms with Gasteiger partial charge in [-0.05, 0) is 0 Å². The molecule has 0 aromatic heterocycles. The standard InChI is InChI=1S/3Ca.4H2O.Ti.6H/h;;;4*1H2;;;;;;;/q;;;;;;;+4;;;;;;/p-4. The van der Waals surface area contributed by atoms with Crippen LogP contribution in [-0.2, 0) is 18.1 Å². The molecule has 0 aromatic rings. The minimum absolute atomic E-state index is 0. The summed E-state index contributed by atoms with van der Waals surface area (Å²) in [6.07, 6.45) is 0. The third-order valence-corrected chi connectivity index (χ3v) is 0. The second-order valence-corrected chi connectivity index (χ2v) is 2.47. The molecule has 0 aliphatic heterocycles. The molecule has 0 heterocycles. The van der Waals surface area contributed by atoms with Gasteiger partial charge in [0.15, 0.2) is 0 Å². The van der Waals surface area contributed by atoms with E-state index in [-0.39, 0.29) is 113 Å². The molecule has 0 unspecified atom stereocenters. The number of rotatable bonds is 0. The Morgan fingerprint density at radius 1 is 0.625 bits per heavy atom. The van der Waals surface area contributed by atoms with Gasteiger partial charge in [0.05, 0.1) is 0 Å². The topological polar surface area (TPSA) is 80.9 Å². The molecule has 0 rings (SSSR count). The second-order valence-electron chi connectivity index (χ2n) is 0.600. The van der Waals surface area contributed by atoms with Crippen LogP contribution in [0.2, 0.25) is 0 Å². The Labute approximate surface area is 142 Å². The summed E-state index contributed by atoms with van der Waals surface area (Å²) in [6, 6.07) is 0.